The van der Waals surface area contributed by atoms with Crippen LogP contribution in [0.1, 0.15) is 23.0 Å². The van der Waals surface area contributed by atoms with E-state index in [1.807, 2.05) is 31.4 Å². The van der Waals surface area contributed by atoms with Gasteiger partial charge in [0.25, 0.3) is 15.9 Å². The molecule has 30 heavy (non-hydrogen) atoms. The molecule has 0 aliphatic heterocycles. The largest absolute Gasteiger partial charge is 0.494 e. The summed E-state index contributed by atoms with van der Waals surface area (Å²) in [4.78, 5) is 13.8. The molecule has 0 bridgehead atoms. The van der Waals surface area contributed by atoms with Gasteiger partial charge in [0.1, 0.15) is 11.3 Å². The third-order valence-electron chi connectivity index (χ3n) is 4.14. The third kappa shape index (κ3) is 4.95. The van der Waals surface area contributed by atoms with Gasteiger partial charge in [-0.3, -0.25) is 14.6 Å². The molecule has 0 unspecified atom stereocenters. The summed E-state index contributed by atoms with van der Waals surface area (Å²) in [5, 5.41) is 8.82. The molecule has 8 nitrogen and oxygen atoms in total. The Hall–Kier alpha value is -2.98. The Morgan fingerprint density at radius 3 is 2.57 bits per heavy atom. The molecule has 2 aromatic carbocycles. The van der Waals surface area contributed by atoms with E-state index in [1.165, 1.54) is 11.8 Å². The molecule has 3 rings (SSSR count). The minimum atomic E-state index is -4.10. The van der Waals surface area contributed by atoms with Crippen LogP contribution >= 0.6 is 11.8 Å². The van der Waals surface area contributed by atoms with Crippen LogP contribution in [0.15, 0.2) is 58.5 Å². The van der Waals surface area contributed by atoms with Crippen LogP contribution in [0.5, 0.6) is 5.75 Å². The van der Waals surface area contributed by atoms with Crippen molar-refractivity contribution in [1.82, 2.24) is 10.2 Å². The number of hydrogen-bond donors (Lipinski definition) is 3. The standard InChI is InChI=1S/C20H22N4O4S2/c1-4-28-16-10-8-14(9-11-16)24-30(26,27)20-18(13(2)22-23-20)19(25)21-15-6-5-7-17(12-15)29-3/h5-12,24H,4H2,1-3H3,(H,21,25)(H,22,23). The van der Waals surface area contributed by atoms with E-state index in [1.54, 1.807) is 37.3 Å². The van der Waals surface area contributed by atoms with Gasteiger partial charge in [-0.15, -0.1) is 11.8 Å². The topological polar surface area (TPSA) is 113 Å². The molecule has 1 heterocycles. The SMILES string of the molecule is CCOc1ccc(NS(=O)(=O)c2n[nH]c(C)c2C(=O)Nc2cccc(SC)c2)cc1. The number of amides is 1. The molecule has 0 spiro atoms. The number of nitrogens with zero attached hydrogens (tertiary/aromatic N) is 1. The highest BCUT2D eigenvalue weighted by atomic mass is 32.2. The Morgan fingerprint density at radius 1 is 1.17 bits per heavy atom. The summed E-state index contributed by atoms with van der Waals surface area (Å²) in [6, 6.07) is 13.7. The van der Waals surface area contributed by atoms with Crippen LogP contribution in [0.3, 0.4) is 0 Å². The molecular formula is C20H22N4O4S2. The van der Waals surface area contributed by atoms with Crippen molar-refractivity contribution in [3.63, 3.8) is 0 Å². The van der Waals surface area contributed by atoms with E-state index in [0.717, 1.165) is 4.90 Å². The molecule has 158 valence electrons. The summed E-state index contributed by atoms with van der Waals surface area (Å²) < 4.78 is 33.6. The number of sulfonamides is 1. The normalized spacial score (nSPS) is 11.2. The number of ether oxygens (including phenoxy) is 1. The summed E-state index contributed by atoms with van der Waals surface area (Å²) >= 11 is 1.54. The van der Waals surface area contributed by atoms with Crippen molar-refractivity contribution >= 4 is 39.1 Å². The van der Waals surface area contributed by atoms with E-state index < -0.39 is 15.9 Å². The quantitative estimate of drug-likeness (QED) is 0.453. The number of benzene rings is 2. The highest BCUT2D eigenvalue weighted by molar-refractivity contribution is 7.98. The first kappa shape index (κ1) is 21.7. The first-order valence-corrected chi connectivity index (χ1v) is 11.8. The second-order valence-electron chi connectivity index (χ2n) is 6.28. The maximum absolute atomic E-state index is 12.9. The summed E-state index contributed by atoms with van der Waals surface area (Å²) in [7, 11) is -4.10. The maximum Gasteiger partial charge on any atom is 0.282 e. The van der Waals surface area contributed by atoms with Gasteiger partial charge in [0.2, 0.25) is 5.03 Å². The number of H-pyrrole nitrogens is 1. The Kier molecular flexibility index (Phi) is 6.68. The van der Waals surface area contributed by atoms with E-state index in [-0.39, 0.29) is 10.6 Å². The molecule has 0 fully saturated rings. The lowest BCUT2D eigenvalue weighted by molar-refractivity contribution is 0.102. The molecule has 3 aromatic rings. The minimum Gasteiger partial charge on any atom is -0.494 e. The Bertz CT molecular complexity index is 1140. The predicted octanol–water partition coefficient (Wildman–Crippen LogP) is 3.89. The predicted molar refractivity (Wildman–Crippen MR) is 118 cm³/mol. The summed E-state index contributed by atoms with van der Waals surface area (Å²) in [5.41, 5.74) is 1.21. The number of aromatic amines is 1. The monoisotopic (exact) mass is 446 g/mol. The summed E-state index contributed by atoms with van der Waals surface area (Å²) in [5.74, 6) is 0.0650. The average molecular weight is 447 g/mol. The molecule has 1 amide bonds. The zero-order valence-corrected chi connectivity index (χ0v) is 18.4. The highest BCUT2D eigenvalue weighted by Gasteiger charge is 2.28. The van der Waals surface area contributed by atoms with Crippen LogP contribution in [0.25, 0.3) is 0 Å². The van der Waals surface area contributed by atoms with Gasteiger partial charge in [0, 0.05) is 22.0 Å². The van der Waals surface area contributed by atoms with Gasteiger partial charge < -0.3 is 10.1 Å². The fourth-order valence-corrected chi connectivity index (χ4v) is 4.44. The van der Waals surface area contributed by atoms with Crippen molar-refractivity contribution in [3.8, 4) is 5.75 Å². The second-order valence-corrected chi connectivity index (χ2v) is 8.76. The lowest BCUT2D eigenvalue weighted by Crippen LogP contribution is -2.20. The number of aryl methyl sites for hydroxylation is 1. The van der Waals surface area contributed by atoms with E-state index in [2.05, 4.69) is 20.2 Å². The van der Waals surface area contributed by atoms with Crippen LogP contribution in [0.4, 0.5) is 11.4 Å². The highest BCUT2D eigenvalue weighted by Crippen LogP contribution is 2.24. The lowest BCUT2D eigenvalue weighted by atomic mass is 10.2. The van der Waals surface area contributed by atoms with E-state index in [9.17, 15) is 13.2 Å². The minimum absolute atomic E-state index is 0.0389. The Morgan fingerprint density at radius 2 is 1.90 bits per heavy atom. The van der Waals surface area contributed by atoms with Crippen molar-refractivity contribution in [2.24, 2.45) is 0 Å². The molecule has 10 heteroatoms. The first-order chi connectivity index (χ1) is 14.3. The zero-order chi connectivity index (χ0) is 21.7. The number of rotatable bonds is 8. The lowest BCUT2D eigenvalue weighted by Gasteiger charge is -2.10. The fourth-order valence-electron chi connectivity index (χ4n) is 2.75. The Labute approximate surface area is 179 Å². The van der Waals surface area contributed by atoms with Gasteiger partial charge in [0.15, 0.2) is 0 Å². The first-order valence-electron chi connectivity index (χ1n) is 9.10. The maximum atomic E-state index is 12.9. The van der Waals surface area contributed by atoms with Crippen molar-refractivity contribution in [2.75, 3.05) is 22.9 Å². The molecule has 0 atom stereocenters. The van der Waals surface area contributed by atoms with Crippen LogP contribution in [0, 0.1) is 6.92 Å². The molecule has 0 radical (unpaired) electrons. The number of hydrogen-bond acceptors (Lipinski definition) is 6. The third-order valence-corrected chi connectivity index (χ3v) is 6.18. The van der Waals surface area contributed by atoms with Crippen LogP contribution in [0.2, 0.25) is 0 Å². The summed E-state index contributed by atoms with van der Waals surface area (Å²) in [6.07, 6.45) is 1.93. The smallest absolute Gasteiger partial charge is 0.282 e. The number of anilines is 2. The molecule has 0 aliphatic rings. The van der Waals surface area contributed by atoms with Gasteiger partial charge in [0.05, 0.1) is 6.61 Å². The van der Waals surface area contributed by atoms with Crippen LogP contribution in [-0.4, -0.2) is 37.4 Å². The fraction of sp³-hybridized carbons (Fsp3) is 0.200. The van der Waals surface area contributed by atoms with Crippen molar-refractivity contribution in [1.29, 1.82) is 0 Å². The van der Waals surface area contributed by atoms with E-state index in [0.29, 0.717) is 29.4 Å². The van der Waals surface area contributed by atoms with Gasteiger partial charge in [-0.25, -0.2) is 0 Å². The van der Waals surface area contributed by atoms with Crippen molar-refractivity contribution in [3.05, 3.63) is 59.8 Å². The van der Waals surface area contributed by atoms with Gasteiger partial charge in [-0.1, -0.05) is 6.07 Å². The number of aromatic nitrogens is 2. The van der Waals surface area contributed by atoms with Crippen LogP contribution in [-0.2, 0) is 10.0 Å². The molecule has 0 saturated heterocycles. The van der Waals surface area contributed by atoms with Gasteiger partial charge in [-0.2, -0.15) is 13.5 Å². The number of thioether (sulfide) groups is 1. The van der Waals surface area contributed by atoms with Crippen LogP contribution < -0.4 is 14.8 Å². The van der Waals surface area contributed by atoms with Gasteiger partial charge in [-0.05, 0) is 62.6 Å². The van der Waals surface area contributed by atoms with Crippen molar-refractivity contribution < 1.29 is 17.9 Å². The number of carbonyl (C=O) groups is 1. The number of carbonyl (C=O) groups excluding carboxylic acids is 1. The molecule has 3 N–H and O–H groups in total. The zero-order valence-electron chi connectivity index (χ0n) is 16.7. The number of nitrogens with one attached hydrogen (secondary N) is 3. The molecule has 0 saturated carbocycles. The molecular weight excluding hydrogens is 424 g/mol. The van der Waals surface area contributed by atoms with E-state index in [4.69, 9.17) is 4.74 Å². The van der Waals surface area contributed by atoms with Gasteiger partial charge >= 0.3 is 0 Å². The molecule has 1 aromatic heterocycles. The molecule has 0 aliphatic carbocycles. The second kappa shape index (κ2) is 9.23. The summed E-state index contributed by atoms with van der Waals surface area (Å²) in [6.45, 7) is 3.96. The van der Waals surface area contributed by atoms with E-state index >= 15 is 0 Å². The van der Waals surface area contributed by atoms with Crippen molar-refractivity contribution in [2.45, 2.75) is 23.8 Å². The average Bonchev–Trinajstić information content (AvgIpc) is 3.12. The Balaban J connectivity index is 1.85.